The summed E-state index contributed by atoms with van der Waals surface area (Å²) in [5.74, 6) is 0.625. The molecule has 0 amide bonds. The minimum atomic E-state index is -4.50. The lowest BCUT2D eigenvalue weighted by molar-refractivity contribution is -0.137. The van der Waals surface area contributed by atoms with Crippen molar-refractivity contribution in [3.63, 3.8) is 0 Å². The minimum absolute atomic E-state index is 0.0668. The molecule has 0 fully saturated rings. The Labute approximate surface area is 144 Å². The summed E-state index contributed by atoms with van der Waals surface area (Å²) in [5, 5.41) is 0. The highest BCUT2D eigenvalue weighted by molar-refractivity contribution is 7.89. The number of nitrogens with zero attached hydrogens (tertiary/aromatic N) is 1. The Morgan fingerprint density at radius 1 is 1.08 bits per heavy atom. The Morgan fingerprint density at radius 3 is 2.28 bits per heavy atom. The quantitative estimate of drug-likeness (QED) is 0.775. The van der Waals surface area contributed by atoms with Crippen LogP contribution in [0, 0.1) is 6.92 Å². The van der Waals surface area contributed by atoms with E-state index in [1.807, 2.05) is 25.1 Å². The molecule has 0 atom stereocenters. The second-order valence-corrected chi connectivity index (χ2v) is 7.56. The van der Waals surface area contributed by atoms with E-state index in [-0.39, 0.29) is 18.0 Å². The molecular formula is C17H18F3NO3S. The zero-order valence-corrected chi connectivity index (χ0v) is 14.6. The van der Waals surface area contributed by atoms with Gasteiger partial charge in [-0.1, -0.05) is 12.1 Å². The average molecular weight is 373 g/mol. The van der Waals surface area contributed by atoms with Crippen LogP contribution in [0.3, 0.4) is 0 Å². The van der Waals surface area contributed by atoms with Crippen LogP contribution in [0.4, 0.5) is 13.2 Å². The molecule has 8 heteroatoms. The summed E-state index contributed by atoms with van der Waals surface area (Å²) in [5.41, 5.74) is 0.125. The van der Waals surface area contributed by atoms with Gasteiger partial charge in [-0.3, -0.25) is 0 Å². The summed E-state index contributed by atoms with van der Waals surface area (Å²) < 4.78 is 69.0. The van der Waals surface area contributed by atoms with E-state index in [1.165, 1.54) is 7.05 Å². The van der Waals surface area contributed by atoms with E-state index in [0.29, 0.717) is 5.75 Å². The van der Waals surface area contributed by atoms with Crippen LogP contribution in [0.5, 0.6) is 5.75 Å². The molecule has 0 unspecified atom stereocenters. The maximum atomic E-state index is 12.6. The summed E-state index contributed by atoms with van der Waals surface area (Å²) in [4.78, 5) is -0.196. The first kappa shape index (κ1) is 19.3. The maximum absolute atomic E-state index is 12.6. The van der Waals surface area contributed by atoms with Gasteiger partial charge < -0.3 is 4.74 Å². The van der Waals surface area contributed by atoms with Gasteiger partial charge >= 0.3 is 6.18 Å². The molecule has 0 saturated heterocycles. The van der Waals surface area contributed by atoms with E-state index in [2.05, 4.69) is 0 Å². The molecule has 0 aliphatic rings. The number of alkyl halides is 3. The number of aryl methyl sites for hydroxylation is 1. The first-order chi connectivity index (χ1) is 11.6. The van der Waals surface area contributed by atoms with Crippen molar-refractivity contribution in [3.8, 4) is 5.75 Å². The third-order valence-electron chi connectivity index (χ3n) is 3.55. The molecule has 25 heavy (non-hydrogen) atoms. The molecule has 2 aromatic carbocycles. The number of benzene rings is 2. The molecule has 0 heterocycles. The average Bonchev–Trinajstić information content (AvgIpc) is 2.54. The zero-order valence-electron chi connectivity index (χ0n) is 13.7. The number of rotatable bonds is 6. The molecule has 2 aromatic rings. The van der Waals surface area contributed by atoms with Gasteiger partial charge in [0.05, 0.1) is 10.5 Å². The van der Waals surface area contributed by atoms with Crippen LogP contribution >= 0.6 is 0 Å². The second-order valence-electron chi connectivity index (χ2n) is 5.51. The van der Waals surface area contributed by atoms with Crippen molar-refractivity contribution in [3.05, 3.63) is 59.7 Å². The van der Waals surface area contributed by atoms with Crippen molar-refractivity contribution in [1.29, 1.82) is 0 Å². The van der Waals surface area contributed by atoms with Crippen molar-refractivity contribution in [2.45, 2.75) is 18.0 Å². The predicted octanol–water partition coefficient (Wildman–Crippen LogP) is 3.71. The van der Waals surface area contributed by atoms with Crippen molar-refractivity contribution in [2.24, 2.45) is 0 Å². The van der Waals surface area contributed by atoms with Crippen LogP contribution < -0.4 is 4.74 Å². The SMILES string of the molecule is Cc1cccc(OCCN(C)S(=O)(=O)c2ccc(C(F)(F)F)cc2)c1. The highest BCUT2D eigenvalue weighted by atomic mass is 32.2. The van der Waals surface area contributed by atoms with Crippen LogP contribution in [0.15, 0.2) is 53.4 Å². The molecule has 136 valence electrons. The standard InChI is InChI=1S/C17H18F3NO3S/c1-13-4-3-5-15(12-13)24-11-10-21(2)25(22,23)16-8-6-14(7-9-16)17(18,19)20/h3-9,12H,10-11H2,1-2H3. The van der Waals surface area contributed by atoms with E-state index in [4.69, 9.17) is 4.74 Å². The topological polar surface area (TPSA) is 46.6 Å². The third-order valence-corrected chi connectivity index (χ3v) is 5.43. The fraction of sp³-hybridized carbons (Fsp3) is 0.294. The summed E-state index contributed by atoms with van der Waals surface area (Å²) >= 11 is 0. The molecule has 0 N–H and O–H groups in total. The van der Waals surface area contributed by atoms with Gasteiger partial charge in [-0.25, -0.2) is 8.42 Å². The smallest absolute Gasteiger partial charge is 0.416 e. The summed E-state index contributed by atoms with van der Waals surface area (Å²) in [6.45, 7) is 2.10. The van der Waals surface area contributed by atoms with Crippen LogP contribution in [-0.4, -0.2) is 32.9 Å². The molecular weight excluding hydrogens is 355 g/mol. The molecule has 0 spiro atoms. The van der Waals surface area contributed by atoms with Crippen molar-refractivity contribution >= 4 is 10.0 Å². The number of sulfonamides is 1. The van der Waals surface area contributed by atoms with Gasteiger partial charge in [0.1, 0.15) is 12.4 Å². The van der Waals surface area contributed by atoms with Gasteiger partial charge in [0.15, 0.2) is 0 Å². The fourth-order valence-electron chi connectivity index (χ4n) is 2.11. The van der Waals surface area contributed by atoms with Crippen molar-refractivity contribution < 1.29 is 26.3 Å². The number of hydrogen-bond acceptors (Lipinski definition) is 3. The van der Waals surface area contributed by atoms with Crippen LogP contribution in [0.25, 0.3) is 0 Å². The number of hydrogen-bond donors (Lipinski definition) is 0. The molecule has 0 radical (unpaired) electrons. The Morgan fingerprint density at radius 2 is 1.72 bits per heavy atom. The van der Waals surface area contributed by atoms with Crippen LogP contribution in [0.2, 0.25) is 0 Å². The first-order valence-electron chi connectivity index (χ1n) is 7.44. The zero-order chi connectivity index (χ0) is 18.7. The monoisotopic (exact) mass is 373 g/mol. The summed E-state index contributed by atoms with van der Waals surface area (Å²) in [7, 11) is -2.52. The molecule has 0 saturated carbocycles. The number of ether oxygens (including phenoxy) is 1. The first-order valence-corrected chi connectivity index (χ1v) is 8.88. The van der Waals surface area contributed by atoms with E-state index in [9.17, 15) is 21.6 Å². The highest BCUT2D eigenvalue weighted by Crippen LogP contribution is 2.30. The maximum Gasteiger partial charge on any atom is 0.416 e. The third kappa shape index (κ3) is 4.96. The van der Waals surface area contributed by atoms with Crippen molar-refractivity contribution in [2.75, 3.05) is 20.2 Å². The summed E-state index contributed by atoms with van der Waals surface area (Å²) in [6, 6.07) is 10.7. The lowest BCUT2D eigenvalue weighted by Gasteiger charge is -2.18. The normalized spacial score (nSPS) is 12.4. The lowest BCUT2D eigenvalue weighted by Crippen LogP contribution is -2.31. The number of halogens is 3. The van der Waals surface area contributed by atoms with Crippen molar-refractivity contribution in [1.82, 2.24) is 4.31 Å². The van der Waals surface area contributed by atoms with Gasteiger partial charge in [0, 0.05) is 13.6 Å². The minimum Gasteiger partial charge on any atom is -0.492 e. The Hall–Kier alpha value is -2.06. The van der Waals surface area contributed by atoms with Crippen LogP contribution in [0.1, 0.15) is 11.1 Å². The Kier molecular flexibility index (Phi) is 5.74. The largest absolute Gasteiger partial charge is 0.492 e. The second kappa shape index (κ2) is 7.45. The Bertz CT molecular complexity index is 818. The van der Waals surface area contributed by atoms with Gasteiger partial charge in [0.25, 0.3) is 0 Å². The Balaban J connectivity index is 2.01. The number of likely N-dealkylation sites (N-methyl/N-ethyl adjacent to an activating group) is 1. The predicted molar refractivity (Wildman–Crippen MR) is 87.9 cm³/mol. The molecule has 0 aliphatic heterocycles. The molecule has 0 aliphatic carbocycles. The molecule has 0 aromatic heterocycles. The fourth-order valence-corrected chi connectivity index (χ4v) is 3.27. The van der Waals surface area contributed by atoms with E-state index in [0.717, 1.165) is 34.1 Å². The van der Waals surface area contributed by atoms with E-state index >= 15 is 0 Å². The van der Waals surface area contributed by atoms with Gasteiger partial charge in [0.2, 0.25) is 10.0 Å². The molecule has 0 bridgehead atoms. The van der Waals surface area contributed by atoms with Gasteiger partial charge in [-0.15, -0.1) is 0 Å². The highest BCUT2D eigenvalue weighted by Gasteiger charge is 2.31. The summed E-state index contributed by atoms with van der Waals surface area (Å²) in [6.07, 6.45) is -4.50. The lowest BCUT2D eigenvalue weighted by atomic mass is 10.2. The van der Waals surface area contributed by atoms with E-state index < -0.39 is 21.8 Å². The molecule has 4 nitrogen and oxygen atoms in total. The van der Waals surface area contributed by atoms with Gasteiger partial charge in [-0.2, -0.15) is 17.5 Å². The van der Waals surface area contributed by atoms with Gasteiger partial charge in [-0.05, 0) is 48.9 Å². The molecule has 2 rings (SSSR count). The van der Waals surface area contributed by atoms with E-state index in [1.54, 1.807) is 6.07 Å². The van der Waals surface area contributed by atoms with Crippen LogP contribution in [-0.2, 0) is 16.2 Å².